The van der Waals surface area contributed by atoms with Crippen molar-refractivity contribution >= 4 is 17.5 Å². The Kier molecular flexibility index (Phi) is 6.28. The van der Waals surface area contributed by atoms with Crippen LogP contribution in [-0.2, 0) is 4.79 Å². The second kappa shape index (κ2) is 9.05. The van der Waals surface area contributed by atoms with Crippen molar-refractivity contribution in [1.82, 2.24) is 10.6 Å². The number of carbonyl (C=O) groups is 2. The van der Waals surface area contributed by atoms with Gasteiger partial charge in [-0.1, -0.05) is 6.07 Å². The number of hydrogen-bond acceptors (Lipinski definition) is 6. The molecule has 9 nitrogen and oxygen atoms in total. The number of fused-ring (bicyclic) bond motifs is 1. The number of nitro groups is 1. The summed E-state index contributed by atoms with van der Waals surface area (Å²) in [6.07, 6.45) is 0.105. The molecule has 0 aromatic heterocycles. The van der Waals surface area contributed by atoms with Crippen LogP contribution in [0, 0.1) is 10.1 Å². The first-order valence-corrected chi connectivity index (χ1v) is 9.15. The van der Waals surface area contributed by atoms with Crippen molar-refractivity contribution in [3.63, 3.8) is 0 Å². The zero-order valence-corrected chi connectivity index (χ0v) is 15.8. The van der Waals surface area contributed by atoms with Gasteiger partial charge in [-0.25, -0.2) is 0 Å². The molecule has 2 N–H and O–H groups in total. The third kappa shape index (κ3) is 5.22. The van der Waals surface area contributed by atoms with Gasteiger partial charge in [-0.15, -0.1) is 0 Å². The fourth-order valence-corrected chi connectivity index (χ4v) is 2.85. The van der Waals surface area contributed by atoms with Crippen LogP contribution in [0.4, 0.5) is 5.69 Å². The number of rotatable bonds is 7. The van der Waals surface area contributed by atoms with Gasteiger partial charge in [0.25, 0.3) is 11.6 Å². The molecule has 1 heterocycles. The first kappa shape index (κ1) is 20.1. The van der Waals surface area contributed by atoms with Crippen molar-refractivity contribution in [2.24, 2.45) is 0 Å². The SMILES string of the molecule is C[C@@H](NC(=O)CCNC(=O)c1ccc([N+](=O)[O-])cc1)c1ccc2c(c1)OCCO2. The molecule has 3 rings (SSSR count). The standard InChI is InChI=1S/C20H21N3O6/c1-13(15-4-7-17-18(12-15)29-11-10-28-17)22-19(24)8-9-21-20(25)14-2-5-16(6-3-14)23(26)27/h2-7,12-13H,8-11H2,1H3,(H,21,25)(H,22,24)/t13-/m1/s1. The number of benzene rings is 2. The van der Waals surface area contributed by atoms with Gasteiger partial charge in [0.2, 0.25) is 5.91 Å². The van der Waals surface area contributed by atoms with Crippen molar-refractivity contribution in [1.29, 1.82) is 0 Å². The van der Waals surface area contributed by atoms with E-state index in [4.69, 9.17) is 9.47 Å². The number of amides is 2. The van der Waals surface area contributed by atoms with Crippen LogP contribution in [0.25, 0.3) is 0 Å². The fourth-order valence-electron chi connectivity index (χ4n) is 2.85. The number of nitro benzene ring substituents is 1. The molecule has 0 saturated carbocycles. The Hall–Kier alpha value is -3.62. The molecule has 0 spiro atoms. The van der Waals surface area contributed by atoms with Crippen molar-refractivity contribution in [3.05, 3.63) is 63.7 Å². The fraction of sp³-hybridized carbons (Fsp3) is 0.300. The Morgan fingerprint density at radius 2 is 1.79 bits per heavy atom. The summed E-state index contributed by atoms with van der Waals surface area (Å²) in [7, 11) is 0. The van der Waals surface area contributed by atoms with Crippen LogP contribution in [0.2, 0.25) is 0 Å². The van der Waals surface area contributed by atoms with E-state index >= 15 is 0 Å². The van der Waals surface area contributed by atoms with E-state index in [1.807, 2.05) is 25.1 Å². The van der Waals surface area contributed by atoms with Crippen LogP contribution in [0.15, 0.2) is 42.5 Å². The van der Waals surface area contributed by atoms with Crippen molar-refractivity contribution < 1.29 is 24.0 Å². The number of hydrogen-bond donors (Lipinski definition) is 2. The van der Waals surface area contributed by atoms with Gasteiger partial charge in [-0.3, -0.25) is 19.7 Å². The highest BCUT2D eigenvalue weighted by molar-refractivity contribution is 5.94. The normalized spacial score (nSPS) is 13.3. The largest absolute Gasteiger partial charge is 0.486 e. The molecule has 2 amide bonds. The summed E-state index contributed by atoms with van der Waals surface area (Å²) in [5, 5.41) is 16.1. The van der Waals surface area contributed by atoms with E-state index in [1.165, 1.54) is 24.3 Å². The molecule has 2 aromatic carbocycles. The minimum atomic E-state index is -0.533. The highest BCUT2D eigenvalue weighted by atomic mass is 16.6. The highest BCUT2D eigenvalue weighted by Crippen LogP contribution is 2.32. The lowest BCUT2D eigenvalue weighted by atomic mass is 10.1. The molecule has 0 unspecified atom stereocenters. The first-order valence-electron chi connectivity index (χ1n) is 9.15. The summed E-state index contributed by atoms with van der Waals surface area (Å²) in [5.74, 6) is 0.738. The third-order valence-corrected chi connectivity index (χ3v) is 4.42. The van der Waals surface area contributed by atoms with Gasteiger partial charge < -0.3 is 20.1 Å². The van der Waals surface area contributed by atoms with Crippen LogP contribution in [0.3, 0.4) is 0 Å². The Balaban J connectivity index is 1.45. The minimum absolute atomic E-state index is 0.0888. The quantitative estimate of drug-likeness (QED) is 0.545. The number of nitrogens with one attached hydrogen (secondary N) is 2. The molecule has 0 radical (unpaired) electrons. The van der Waals surface area contributed by atoms with Crippen molar-refractivity contribution in [3.8, 4) is 11.5 Å². The zero-order chi connectivity index (χ0) is 20.8. The highest BCUT2D eigenvalue weighted by Gasteiger charge is 2.16. The minimum Gasteiger partial charge on any atom is -0.486 e. The van der Waals surface area contributed by atoms with Gasteiger partial charge in [0.15, 0.2) is 11.5 Å². The van der Waals surface area contributed by atoms with E-state index in [9.17, 15) is 19.7 Å². The van der Waals surface area contributed by atoms with Crippen LogP contribution < -0.4 is 20.1 Å². The maximum Gasteiger partial charge on any atom is 0.269 e. The predicted molar refractivity (Wildman–Crippen MR) is 104 cm³/mol. The molecule has 29 heavy (non-hydrogen) atoms. The lowest BCUT2D eigenvalue weighted by molar-refractivity contribution is -0.384. The average molecular weight is 399 g/mol. The summed E-state index contributed by atoms with van der Waals surface area (Å²) in [6.45, 7) is 3.02. The van der Waals surface area contributed by atoms with Crippen LogP contribution >= 0.6 is 0 Å². The molecule has 0 fully saturated rings. The van der Waals surface area contributed by atoms with E-state index in [0.29, 0.717) is 30.3 Å². The van der Waals surface area contributed by atoms with E-state index in [0.717, 1.165) is 5.56 Å². The predicted octanol–water partition coefficient (Wildman–Crippen LogP) is 2.36. The number of ether oxygens (including phenoxy) is 2. The number of nitrogens with zero attached hydrogens (tertiary/aromatic N) is 1. The average Bonchev–Trinajstić information content (AvgIpc) is 2.73. The molecule has 0 saturated heterocycles. The molecule has 9 heteroatoms. The lowest BCUT2D eigenvalue weighted by Crippen LogP contribution is -2.32. The molecule has 0 bridgehead atoms. The zero-order valence-electron chi connectivity index (χ0n) is 15.8. The molecular weight excluding hydrogens is 378 g/mol. The van der Waals surface area contributed by atoms with E-state index in [1.54, 1.807) is 0 Å². The Morgan fingerprint density at radius 3 is 2.48 bits per heavy atom. The Bertz CT molecular complexity index is 913. The van der Waals surface area contributed by atoms with Crippen molar-refractivity contribution in [2.45, 2.75) is 19.4 Å². The van der Waals surface area contributed by atoms with Crippen LogP contribution in [-0.4, -0.2) is 36.5 Å². The second-order valence-corrected chi connectivity index (χ2v) is 6.50. The van der Waals surface area contributed by atoms with Gasteiger partial charge in [0, 0.05) is 30.7 Å². The molecule has 152 valence electrons. The van der Waals surface area contributed by atoms with E-state index < -0.39 is 10.8 Å². The molecule has 0 aliphatic carbocycles. The molecule has 1 aliphatic heterocycles. The maximum atomic E-state index is 12.2. The topological polar surface area (TPSA) is 120 Å². The van der Waals surface area contributed by atoms with Crippen LogP contribution in [0.5, 0.6) is 11.5 Å². The van der Waals surface area contributed by atoms with E-state index in [-0.39, 0.29) is 30.6 Å². The first-order chi connectivity index (χ1) is 13.9. The maximum absolute atomic E-state index is 12.2. The van der Waals surface area contributed by atoms with Gasteiger partial charge in [-0.05, 0) is 36.8 Å². The van der Waals surface area contributed by atoms with Gasteiger partial charge in [0.05, 0.1) is 11.0 Å². The third-order valence-electron chi connectivity index (χ3n) is 4.42. The molecule has 1 aliphatic rings. The molecule has 1 atom stereocenters. The second-order valence-electron chi connectivity index (χ2n) is 6.50. The summed E-state index contributed by atoms with van der Waals surface area (Å²) >= 11 is 0. The molecule has 2 aromatic rings. The van der Waals surface area contributed by atoms with Gasteiger partial charge in [0.1, 0.15) is 13.2 Å². The Labute approximate surface area is 167 Å². The van der Waals surface area contributed by atoms with Gasteiger partial charge >= 0.3 is 0 Å². The monoisotopic (exact) mass is 399 g/mol. The van der Waals surface area contributed by atoms with Gasteiger partial charge in [-0.2, -0.15) is 0 Å². The van der Waals surface area contributed by atoms with Crippen LogP contribution in [0.1, 0.15) is 35.3 Å². The summed E-state index contributed by atoms with van der Waals surface area (Å²) in [5.41, 5.74) is 1.09. The number of non-ortho nitro benzene ring substituents is 1. The van der Waals surface area contributed by atoms with E-state index in [2.05, 4.69) is 10.6 Å². The Morgan fingerprint density at radius 1 is 1.10 bits per heavy atom. The summed E-state index contributed by atoms with van der Waals surface area (Å²) in [6, 6.07) is 10.6. The summed E-state index contributed by atoms with van der Waals surface area (Å²) < 4.78 is 11.0. The number of carbonyl (C=O) groups excluding carboxylic acids is 2. The van der Waals surface area contributed by atoms with Crippen molar-refractivity contribution in [2.75, 3.05) is 19.8 Å². The lowest BCUT2D eigenvalue weighted by Gasteiger charge is -2.21. The summed E-state index contributed by atoms with van der Waals surface area (Å²) in [4.78, 5) is 34.3. The molecular formula is C20H21N3O6. The smallest absolute Gasteiger partial charge is 0.269 e.